The Balaban J connectivity index is 0.863. The molecular weight excluding hydrogens is 992 g/mol. The van der Waals surface area contributed by atoms with Crippen molar-refractivity contribution in [2.24, 2.45) is 0 Å². The highest BCUT2D eigenvalue weighted by molar-refractivity contribution is 6.09. The van der Waals surface area contributed by atoms with Crippen molar-refractivity contribution in [3.05, 3.63) is 288 Å². The molecule has 0 bridgehead atoms. The fourth-order valence-corrected chi connectivity index (χ4v) is 12.8. The van der Waals surface area contributed by atoms with Gasteiger partial charge in [-0.1, -0.05) is 193 Å². The van der Waals surface area contributed by atoms with Crippen LogP contribution in [0.3, 0.4) is 0 Å². The Morgan fingerprint density at radius 3 is 1.78 bits per heavy atom. The minimum absolute atomic E-state index is 0.0433. The number of halogens is 1. The van der Waals surface area contributed by atoms with Gasteiger partial charge in [0, 0.05) is 45.9 Å². The Morgan fingerprint density at radius 2 is 1.06 bits per heavy atom. The SMILES string of the molecule is CC(C)(C)c1ccc(C2(c3ccnc(-n4c5ccccc5c5ccc(Oc6cccc(N7CN(c8c(-c9ccccc9)cc(C(C)(C)C)cc8-c8ccccc8)c8ccccc87)c6)cc54)c3)c3ccccc3-c3ccc(F)cc32)cc1. The van der Waals surface area contributed by atoms with Gasteiger partial charge in [0.05, 0.1) is 33.5 Å². The first kappa shape index (κ1) is 49.8. The van der Waals surface area contributed by atoms with Crippen LogP contribution in [0.2, 0.25) is 0 Å². The van der Waals surface area contributed by atoms with Crippen LogP contribution < -0.4 is 14.5 Å². The molecule has 0 fully saturated rings. The molecule has 0 amide bonds. The van der Waals surface area contributed by atoms with Gasteiger partial charge in [-0.3, -0.25) is 4.57 Å². The number of para-hydroxylation sites is 3. The molecule has 1 aliphatic carbocycles. The van der Waals surface area contributed by atoms with Crippen LogP contribution in [0.5, 0.6) is 11.5 Å². The number of aromatic nitrogens is 2. The summed E-state index contributed by atoms with van der Waals surface area (Å²) >= 11 is 0. The van der Waals surface area contributed by atoms with Crippen molar-refractivity contribution in [2.45, 2.75) is 57.8 Å². The lowest BCUT2D eigenvalue weighted by atomic mass is 9.67. The van der Waals surface area contributed by atoms with Crippen LogP contribution in [0, 0.1) is 5.82 Å². The van der Waals surface area contributed by atoms with Gasteiger partial charge < -0.3 is 14.5 Å². The maximum atomic E-state index is 15.8. The van der Waals surface area contributed by atoms with E-state index < -0.39 is 5.41 Å². The highest BCUT2D eigenvalue weighted by Gasteiger charge is 2.47. The van der Waals surface area contributed by atoms with Gasteiger partial charge in [0.25, 0.3) is 0 Å². The van der Waals surface area contributed by atoms with E-state index in [0.29, 0.717) is 12.4 Å². The van der Waals surface area contributed by atoms with Gasteiger partial charge in [-0.05, 0) is 145 Å². The number of hydrogen-bond donors (Lipinski definition) is 0. The van der Waals surface area contributed by atoms with Gasteiger partial charge in [-0.15, -0.1) is 0 Å². The molecule has 1 aliphatic heterocycles. The highest BCUT2D eigenvalue weighted by atomic mass is 19.1. The molecule has 2 aromatic heterocycles. The lowest BCUT2D eigenvalue weighted by Gasteiger charge is -2.34. The van der Waals surface area contributed by atoms with E-state index >= 15 is 4.39 Å². The molecule has 1 unspecified atom stereocenters. The Labute approximate surface area is 473 Å². The third-order valence-electron chi connectivity index (χ3n) is 16.8. The standard InChI is InChI=1S/C75H61FN4O/c1-73(2,3)51-32-34-52(35-33-51)75(65-28-15-13-26-59(65)60-38-36-55(76)45-66(60)75)53-40-41-77-71(44-53)80-67-29-16-14-27-61(67)62-39-37-58(47-70(62)80)81-57-25-19-24-56(46-57)78-48-79(69-31-18-17-30-68(69)78)72-63(49-20-9-7-10-21-49)42-54(74(4,5)6)43-64(72)50-22-11-8-12-23-50/h7-47H,48H2,1-6H3. The second-order valence-corrected chi connectivity index (χ2v) is 23.7. The molecule has 0 spiro atoms. The van der Waals surface area contributed by atoms with Gasteiger partial charge in [-0.25, -0.2) is 9.37 Å². The van der Waals surface area contributed by atoms with Crippen molar-refractivity contribution in [1.82, 2.24) is 9.55 Å². The van der Waals surface area contributed by atoms with Crippen LogP contribution in [-0.2, 0) is 16.2 Å². The number of anilines is 4. The summed E-state index contributed by atoms with van der Waals surface area (Å²) < 4.78 is 25.0. The highest BCUT2D eigenvalue weighted by Crippen LogP contribution is 2.57. The maximum Gasteiger partial charge on any atom is 0.137 e. The van der Waals surface area contributed by atoms with Gasteiger partial charge in [0.2, 0.25) is 0 Å². The molecule has 14 rings (SSSR count). The molecule has 5 nitrogen and oxygen atoms in total. The molecule has 6 heteroatoms. The number of rotatable bonds is 9. The maximum absolute atomic E-state index is 15.8. The molecule has 0 saturated heterocycles. The van der Waals surface area contributed by atoms with Crippen molar-refractivity contribution in [2.75, 3.05) is 16.5 Å². The second-order valence-electron chi connectivity index (χ2n) is 23.7. The molecule has 0 N–H and O–H groups in total. The number of fused-ring (bicyclic) bond motifs is 7. The number of hydrogen-bond acceptors (Lipinski definition) is 4. The molecule has 3 heterocycles. The second kappa shape index (κ2) is 19.1. The van der Waals surface area contributed by atoms with E-state index in [0.717, 1.165) is 83.8 Å². The average molecular weight is 1050 g/mol. The van der Waals surface area contributed by atoms with Crippen molar-refractivity contribution in [3.8, 4) is 50.7 Å². The molecule has 0 radical (unpaired) electrons. The Hall–Kier alpha value is -9.52. The largest absolute Gasteiger partial charge is 0.457 e. The van der Waals surface area contributed by atoms with Gasteiger partial charge in [-0.2, -0.15) is 0 Å². The summed E-state index contributed by atoms with van der Waals surface area (Å²) in [5.74, 6) is 1.91. The summed E-state index contributed by atoms with van der Waals surface area (Å²) in [4.78, 5) is 10.1. The summed E-state index contributed by atoms with van der Waals surface area (Å²) in [7, 11) is 0. The molecule has 10 aromatic carbocycles. The van der Waals surface area contributed by atoms with Crippen molar-refractivity contribution in [1.29, 1.82) is 0 Å². The molecule has 1 atom stereocenters. The van der Waals surface area contributed by atoms with Crippen LogP contribution in [0.25, 0.3) is 61.0 Å². The lowest BCUT2D eigenvalue weighted by Crippen LogP contribution is -2.29. The Bertz CT molecular complexity index is 4340. The third-order valence-corrected chi connectivity index (χ3v) is 16.8. The van der Waals surface area contributed by atoms with Crippen LogP contribution >= 0.6 is 0 Å². The third kappa shape index (κ3) is 8.31. The fraction of sp³-hybridized carbons (Fsp3) is 0.133. The quantitative estimate of drug-likeness (QED) is 0.144. The lowest BCUT2D eigenvalue weighted by molar-refractivity contribution is 0.483. The number of nitrogens with zero attached hydrogens (tertiary/aromatic N) is 4. The van der Waals surface area contributed by atoms with Gasteiger partial charge in [0.1, 0.15) is 29.8 Å². The van der Waals surface area contributed by atoms with Gasteiger partial charge in [0.15, 0.2) is 0 Å². The van der Waals surface area contributed by atoms with Crippen LogP contribution in [0.4, 0.5) is 27.1 Å². The van der Waals surface area contributed by atoms with Gasteiger partial charge >= 0.3 is 0 Å². The van der Waals surface area contributed by atoms with Crippen LogP contribution in [0.1, 0.15) is 74.9 Å². The van der Waals surface area contributed by atoms with Crippen molar-refractivity contribution < 1.29 is 9.13 Å². The monoisotopic (exact) mass is 1050 g/mol. The molecule has 12 aromatic rings. The number of benzene rings is 10. The minimum Gasteiger partial charge on any atom is -0.457 e. The van der Waals surface area contributed by atoms with E-state index in [1.54, 1.807) is 12.1 Å². The smallest absolute Gasteiger partial charge is 0.137 e. The molecular formula is C75H61FN4O. The summed E-state index contributed by atoms with van der Waals surface area (Å²) in [5, 5.41) is 2.19. The van der Waals surface area contributed by atoms with E-state index in [2.05, 4.69) is 274 Å². The van der Waals surface area contributed by atoms with E-state index in [1.165, 1.54) is 39.1 Å². The predicted octanol–water partition coefficient (Wildman–Crippen LogP) is 19.6. The molecule has 81 heavy (non-hydrogen) atoms. The van der Waals surface area contributed by atoms with Crippen molar-refractivity contribution in [3.63, 3.8) is 0 Å². The van der Waals surface area contributed by atoms with E-state index in [4.69, 9.17) is 9.72 Å². The topological polar surface area (TPSA) is 33.5 Å². The first-order valence-corrected chi connectivity index (χ1v) is 28.1. The summed E-state index contributed by atoms with van der Waals surface area (Å²) in [6.45, 7) is 14.2. The van der Waals surface area contributed by atoms with Crippen LogP contribution in [0.15, 0.2) is 249 Å². The predicted molar refractivity (Wildman–Crippen MR) is 333 cm³/mol. The molecule has 0 saturated carbocycles. The minimum atomic E-state index is -0.835. The molecule has 394 valence electrons. The summed E-state index contributed by atoms with van der Waals surface area (Å²) in [5.41, 5.74) is 18.9. The number of ether oxygens (including phenoxy) is 1. The first-order valence-electron chi connectivity index (χ1n) is 28.1. The first-order chi connectivity index (χ1) is 39.3. The van der Waals surface area contributed by atoms with E-state index in [-0.39, 0.29) is 16.6 Å². The van der Waals surface area contributed by atoms with E-state index in [1.807, 2.05) is 18.3 Å². The zero-order valence-electron chi connectivity index (χ0n) is 46.5. The zero-order valence-corrected chi connectivity index (χ0v) is 46.5. The van der Waals surface area contributed by atoms with Crippen molar-refractivity contribution >= 4 is 44.6 Å². The Kier molecular flexibility index (Phi) is 11.7. The van der Waals surface area contributed by atoms with E-state index in [9.17, 15) is 0 Å². The number of pyridine rings is 1. The van der Waals surface area contributed by atoms with Crippen LogP contribution in [-0.4, -0.2) is 16.2 Å². The Morgan fingerprint density at radius 1 is 0.444 bits per heavy atom. The average Bonchev–Trinajstić information content (AvgIpc) is 3.39. The normalized spacial score (nSPS) is 14.8. The summed E-state index contributed by atoms with van der Waals surface area (Å²) in [6.07, 6.45) is 1.91. The zero-order chi connectivity index (χ0) is 55.2. The molecule has 2 aliphatic rings. The summed E-state index contributed by atoms with van der Waals surface area (Å²) in [6, 6.07) is 85.5. The fourth-order valence-electron chi connectivity index (χ4n) is 12.8.